The Morgan fingerprint density at radius 3 is 2.80 bits per heavy atom. The van der Waals surface area contributed by atoms with E-state index < -0.39 is 0 Å². The zero-order valence-electron chi connectivity index (χ0n) is 11.2. The zero-order chi connectivity index (χ0) is 14.3. The second-order valence-electron chi connectivity index (χ2n) is 4.60. The van der Waals surface area contributed by atoms with Gasteiger partial charge in [-0.3, -0.25) is 4.57 Å². The lowest BCUT2D eigenvalue weighted by Crippen LogP contribution is -2.01. The van der Waals surface area contributed by atoms with Crippen molar-refractivity contribution in [1.29, 1.82) is 0 Å². The van der Waals surface area contributed by atoms with Gasteiger partial charge in [-0.1, -0.05) is 28.1 Å². The van der Waals surface area contributed by atoms with E-state index in [0.29, 0.717) is 5.95 Å². The second-order valence-corrected chi connectivity index (χ2v) is 5.51. The number of aromatic nitrogens is 2. The summed E-state index contributed by atoms with van der Waals surface area (Å²) in [6.45, 7) is 2.03. The van der Waals surface area contributed by atoms with Gasteiger partial charge in [0.15, 0.2) is 0 Å². The highest BCUT2D eigenvalue weighted by Crippen LogP contribution is 2.29. The number of imidazole rings is 1. The molecule has 1 heterocycles. The van der Waals surface area contributed by atoms with E-state index in [1.165, 1.54) is 0 Å². The molecule has 0 amide bonds. The molecular weight excluding hydrogens is 318 g/mol. The summed E-state index contributed by atoms with van der Waals surface area (Å²) in [7, 11) is 1.64. The molecule has 3 rings (SSSR count). The Labute approximate surface area is 125 Å². The van der Waals surface area contributed by atoms with Gasteiger partial charge in [-0.15, -0.1) is 0 Å². The third kappa shape index (κ3) is 2.04. The van der Waals surface area contributed by atoms with Crippen molar-refractivity contribution in [2.45, 2.75) is 6.92 Å². The maximum atomic E-state index is 6.09. The van der Waals surface area contributed by atoms with E-state index in [0.717, 1.165) is 32.5 Å². The largest absolute Gasteiger partial charge is 0.497 e. The van der Waals surface area contributed by atoms with Crippen molar-refractivity contribution in [3.8, 4) is 11.4 Å². The van der Waals surface area contributed by atoms with E-state index in [1.807, 2.05) is 47.9 Å². The highest BCUT2D eigenvalue weighted by atomic mass is 79.9. The Kier molecular flexibility index (Phi) is 3.14. The number of ether oxygens (including phenoxy) is 1. The third-order valence-electron chi connectivity index (χ3n) is 3.26. The summed E-state index contributed by atoms with van der Waals surface area (Å²) in [4.78, 5) is 4.46. The van der Waals surface area contributed by atoms with Crippen LogP contribution in [0.25, 0.3) is 16.7 Å². The summed E-state index contributed by atoms with van der Waals surface area (Å²) in [5.41, 5.74) is 10.0. The molecule has 0 unspecified atom stereocenters. The highest BCUT2D eigenvalue weighted by Gasteiger charge is 2.12. The van der Waals surface area contributed by atoms with Gasteiger partial charge >= 0.3 is 0 Å². The Morgan fingerprint density at radius 2 is 2.05 bits per heavy atom. The number of benzene rings is 2. The Morgan fingerprint density at radius 1 is 1.25 bits per heavy atom. The van der Waals surface area contributed by atoms with Crippen molar-refractivity contribution in [2.75, 3.05) is 12.8 Å². The van der Waals surface area contributed by atoms with Crippen LogP contribution in [0.3, 0.4) is 0 Å². The number of hydrogen-bond acceptors (Lipinski definition) is 3. The summed E-state index contributed by atoms with van der Waals surface area (Å²) in [6, 6.07) is 11.9. The first-order valence-corrected chi connectivity index (χ1v) is 6.98. The van der Waals surface area contributed by atoms with Gasteiger partial charge in [0, 0.05) is 10.5 Å². The third-order valence-corrected chi connectivity index (χ3v) is 3.72. The molecule has 0 aliphatic heterocycles. The number of halogens is 1. The number of nitrogen functional groups attached to an aromatic ring is 1. The fourth-order valence-corrected chi connectivity index (χ4v) is 2.78. The molecule has 0 spiro atoms. The van der Waals surface area contributed by atoms with E-state index in [9.17, 15) is 0 Å². The van der Waals surface area contributed by atoms with Gasteiger partial charge in [0.2, 0.25) is 5.95 Å². The quantitative estimate of drug-likeness (QED) is 0.779. The van der Waals surface area contributed by atoms with Crippen LogP contribution in [0.4, 0.5) is 5.95 Å². The molecule has 5 heteroatoms. The van der Waals surface area contributed by atoms with Gasteiger partial charge in [0.05, 0.1) is 23.8 Å². The first-order chi connectivity index (χ1) is 9.60. The minimum absolute atomic E-state index is 0.467. The molecular formula is C15H14BrN3O. The number of hydrogen-bond donors (Lipinski definition) is 1. The minimum atomic E-state index is 0.467. The van der Waals surface area contributed by atoms with Crippen molar-refractivity contribution >= 4 is 32.9 Å². The number of anilines is 1. The van der Waals surface area contributed by atoms with E-state index in [-0.39, 0.29) is 0 Å². The molecule has 0 aliphatic rings. The molecule has 0 atom stereocenters. The summed E-state index contributed by atoms with van der Waals surface area (Å²) in [5, 5.41) is 0. The number of aryl methyl sites for hydroxylation is 1. The molecule has 4 nitrogen and oxygen atoms in total. The summed E-state index contributed by atoms with van der Waals surface area (Å²) >= 11 is 3.49. The van der Waals surface area contributed by atoms with Gasteiger partial charge in [-0.25, -0.2) is 4.98 Å². The maximum absolute atomic E-state index is 6.09. The molecule has 102 valence electrons. The maximum Gasteiger partial charge on any atom is 0.205 e. The molecule has 2 aromatic carbocycles. The zero-order valence-corrected chi connectivity index (χ0v) is 12.8. The average molecular weight is 332 g/mol. The van der Waals surface area contributed by atoms with Crippen molar-refractivity contribution in [2.24, 2.45) is 0 Å². The van der Waals surface area contributed by atoms with Crippen LogP contribution in [0.15, 0.2) is 40.9 Å². The fourth-order valence-electron chi connectivity index (χ4n) is 2.32. The van der Waals surface area contributed by atoms with Gasteiger partial charge in [-0.2, -0.15) is 0 Å². The predicted molar refractivity (Wildman–Crippen MR) is 84.5 cm³/mol. The highest BCUT2D eigenvalue weighted by molar-refractivity contribution is 9.10. The van der Waals surface area contributed by atoms with Crippen LogP contribution in [0.5, 0.6) is 5.75 Å². The Hall–Kier alpha value is -2.01. The van der Waals surface area contributed by atoms with Crippen molar-refractivity contribution in [3.63, 3.8) is 0 Å². The van der Waals surface area contributed by atoms with Gasteiger partial charge in [-0.05, 0) is 30.7 Å². The number of fused-ring (bicyclic) bond motifs is 1. The van der Waals surface area contributed by atoms with Crippen molar-refractivity contribution in [1.82, 2.24) is 9.55 Å². The van der Waals surface area contributed by atoms with Crippen LogP contribution >= 0.6 is 15.9 Å². The lowest BCUT2D eigenvalue weighted by molar-refractivity contribution is 0.414. The number of rotatable bonds is 2. The number of nitrogens with two attached hydrogens (primary N) is 1. The fraction of sp³-hybridized carbons (Fsp3) is 0.133. The van der Waals surface area contributed by atoms with Gasteiger partial charge in [0.25, 0.3) is 0 Å². The smallest absolute Gasteiger partial charge is 0.205 e. The molecule has 20 heavy (non-hydrogen) atoms. The monoisotopic (exact) mass is 331 g/mol. The molecule has 1 aromatic heterocycles. The van der Waals surface area contributed by atoms with E-state index in [4.69, 9.17) is 10.5 Å². The van der Waals surface area contributed by atoms with Crippen LogP contribution in [-0.2, 0) is 0 Å². The SMILES string of the molecule is COc1cc(Br)cc(-n2c(N)nc3c(C)cccc32)c1. The lowest BCUT2D eigenvalue weighted by atomic mass is 10.2. The Bertz CT molecular complexity index is 795. The van der Waals surface area contributed by atoms with Crippen LogP contribution < -0.4 is 10.5 Å². The second kappa shape index (κ2) is 4.83. The lowest BCUT2D eigenvalue weighted by Gasteiger charge is -2.09. The number of para-hydroxylation sites is 1. The predicted octanol–water partition coefficient (Wildman–Crippen LogP) is 3.69. The van der Waals surface area contributed by atoms with E-state index >= 15 is 0 Å². The molecule has 0 radical (unpaired) electrons. The molecule has 2 N–H and O–H groups in total. The number of nitrogens with zero attached hydrogens (tertiary/aromatic N) is 2. The standard InChI is InChI=1S/C15H14BrN3O/c1-9-4-3-5-13-14(9)18-15(17)19(13)11-6-10(16)7-12(8-11)20-2/h3-8H,1-2H3,(H2,17,18). The van der Waals surface area contributed by atoms with Crippen LogP contribution in [0.2, 0.25) is 0 Å². The molecule has 0 bridgehead atoms. The minimum Gasteiger partial charge on any atom is -0.497 e. The summed E-state index contributed by atoms with van der Waals surface area (Å²) in [6.07, 6.45) is 0. The first-order valence-electron chi connectivity index (χ1n) is 6.18. The summed E-state index contributed by atoms with van der Waals surface area (Å²) in [5.74, 6) is 1.23. The van der Waals surface area contributed by atoms with Crippen LogP contribution in [-0.4, -0.2) is 16.7 Å². The van der Waals surface area contributed by atoms with E-state index in [2.05, 4.69) is 20.9 Å². The first kappa shape index (κ1) is 13.0. The molecule has 0 fully saturated rings. The number of methoxy groups -OCH3 is 1. The molecule has 0 saturated heterocycles. The molecule has 0 saturated carbocycles. The van der Waals surface area contributed by atoms with Gasteiger partial charge < -0.3 is 10.5 Å². The van der Waals surface area contributed by atoms with E-state index in [1.54, 1.807) is 7.11 Å². The van der Waals surface area contributed by atoms with Crippen LogP contribution in [0, 0.1) is 6.92 Å². The van der Waals surface area contributed by atoms with Gasteiger partial charge in [0.1, 0.15) is 5.75 Å². The topological polar surface area (TPSA) is 53.1 Å². The van der Waals surface area contributed by atoms with Crippen LogP contribution in [0.1, 0.15) is 5.56 Å². The molecule has 0 aliphatic carbocycles. The Balaban J connectivity index is 2.32. The van der Waals surface area contributed by atoms with Crippen molar-refractivity contribution < 1.29 is 4.74 Å². The van der Waals surface area contributed by atoms with Crippen molar-refractivity contribution in [3.05, 3.63) is 46.4 Å². The summed E-state index contributed by atoms with van der Waals surface area (Å²) < 4.78 is 8.16. The normalized spacial score (nSPS) is 10.9. The average Bonchev–Trinajstić information content (AvgIpc) is 2.76. The molecule has 3 aromatic rings.